The highest BCUT2D eigenvalue weighted by atomic mass is 16.2. The molecule has 1 amide bonds. The number of carbonyl (C=O) groups is 2. The van der Waals surface area contributed by atoms with Gasteiger partial charge in [0.1, 0.15) is 17.5 Å². The van der Waals surface area contributed by atoms with Gasteiger partial charge in [0.15, 0.2) is 5.78 Å². The molecule has 102 valence electrons. The Kier molecular flexibility index (Phi) is 7.05. The van der Waals surface area contributed by atoms with Crippen molar-refractivity contribution < 1.29 is 9.59 Å². The van der Waals surface area contributed by atoms with E-state index in [0.717, 1.165) is 0 Å². The molecule has 2 heterocycles. The van der Waals surface area contributed by atoms with Crippen molar-refractivity contribution in [2.75, 3.05) is 11.9 Å². The van der Waals surface area contributed by atoms with Gasteiger partial charge in [-0.25, -0.2) is 4.98 Å². The predicted molar refractivity (Wildman–Crippen MR) is 74.0 cm³/mol. The molecule has 0 saturated heterocycles. The molecule has 19 heavy (non-hydrogen) atoms. The van der Waals surface area contributed by atoms with Gasteiger partial charge in [0.25, 0.3) is 0 Å². The molecule has 0 atom stereocenters. The summed E-state index contributed by atoms with van der Waals surface area (Å²) in [5.41, 5.74) is 0.858. The average molecular weight is 261 g/mol. The van der Waals surface area contributed by atoms with Crippen LogP contribution in [0.4, 0.5) is 5.69 Å². The Balaban J connectivity index is 0.000000741. The summed E-state index contributed by atoms with van der Waals surface area (Å²) in [7, 11) is 1.58. The number of carbonyl (C=O) groups excluding carboxylic acids is 2. The van der Waals surface area contributed by atoms with Gasteiger partial charge >= 0.3 is 0 Å². The quantitative estimate of drug-likeness (QED) is 0.673. The first kappa shape index (κ1) is 16.8. The smallest absolute Gasteiger partial charge is 0.234 e. The molecule has 2 rings (SSSR count). The van der Waals surface area contributed by atoms with Gasteiger partial charge in [-0.3, -0.25) is 9.59 Å². The zero-order valence-electron chi connectivity index (χ0n) is 12.0. The van der Waals surface area contributed by atoms with Gasteiger partial charge in [0.2, 0.25) is 5.91 Å². The van der Waals surface area contributed by atoms with E-state index in [2.05, 4.69) is 4.98 Å². The first-order valence-corrected chi connectivity index (χ1v) is 6.34. The number of hydrogen-bond donors (Lipinski definition) is 0. The van der Waals surface area contributed by atoms with E-state index in [4.69, 9.17) is 5.26 Å². The second kappa shape index (κ2) is 7.98. The highest BCUT2D eigenvalue weighted by Gasteiger charge is 2.28. The lowest BCUT2D eigenvalue weighted by atomic mass is 10.1. The minimum atomic E-state index is -0.329. The number of nitrogens with zero attached hydrogens (tertiary/aromatic N) is 3. The van der Waals surface area contributed by atoms with Crippen LogP contribution >= 0.6 is 0 Å². The first-order chi connectivity index (χ1) is 9.13. The van der Waals surface area contributed by atoms with Crippen molar-refractivity contribution in [1.82, 2.24) is 4.98 Å². The fourth-order valence-corrected chi connectivity index (χ4v) is 1.46. The van der Waals surface area contributed by atoms with E-state index in [-0.39, 0.29) is 29.5 Å². The van der Waals surface area contributed by atoms with Gasteiger partial charge in [-0.1, -0.05) is 27.7 Å². The number of pyridine rings is 1. The second-order valence-corrected chi connectivity index (χ2v) is 3.23. The molecule has 0 unspecified atom stereocenters. The van der Waals surface area contributed by atoms with E-state index in [1.807, 2.05) is 33.8 Å². The summed E-state index contributed by atoms with van der Waals surface area (Å²) in [6.07, 6.45) is -0.175. The third kappa shape index (κ3) is 3.62. The summed E-state index contributed by atoms with van der Waals surface area (Å²) in [4.78, 5) is 28.1. The van der Waals surface area contributed by atoms with Crippen molar-refractivity contribution in [1.29, 1.82) is 5.26 Å². The number of rotatable bonds is 0. The lowest BCUT2D eigenvalue weighted by Crippen LogP contribution is -2.34. The maximum atomic E-state index is 11.5. The molecule has 1 aliphatic heterocycles. The molecule has 0 aliphatic carbocycles. The minimum Gasteiger partial charge on any atom is -0.313 e. The summed E-state index contributed by atoms with van der Waals surface area (Å²) >= 11 is 0. The number of nitriles is 1. The van der Waals surface area contributed by atoms with Gasteiger partial charge in [0.05, 0.1) is 12.1 Å². The molecule has 1 aromatic rings. The van der Waals surface area contributed by atoms with Crippen LogP contribution in [-0.2, 0) is 4.79 Å². The summed E-state index contributed by atoms with van der Waals surface area (Å²) < 4.78 is 0. The molecule has 5 heteroatoms. The summed E-state index contributed by atoms with van der Waals surface area (Å²) in [6.45, 7) is 8.00. The molecule has 0 N–H and O–H groups in total. The van der Waals surface area contributed by atoms with Crippen LogP contribution < -0.4 is 4.90 Å². The Hall–Kier alpha value is -2.22. The van der Waals surface area contributed by atoms with Gasteiger partial charge in [-0.15, -0.1) is 0 Å². The molecule has 0 aromatic carbocycles. The Morgan fingerprint density at radius 2 is 1.79 bits per heavy atom. The van der Waals surface area contributed by atoms with Gasteiger partial charge in [-0.05, 0) is 12.1 Å². The number of ketones is 1. The largest absolute Gasteiger partial charge is 0.313 e. The van der Waals surface area contributed by atoms with Gasteiger partial charge in [-0.2, -0.15) is 5.26 Å². The van der Waals surface area contributed by atoms with Crippen molar-refractivity contribution in [3.63, 3.8) is 0 Å². The number of hydrogen-bond acceptors (Lipinski definition) is 4. The number of aromatic nitrogens is 1. The monoisotopic (exact) mass is 261 g/mol. The molecule has 0 spiro atoms. The Bertz CT molecular complexity index is 504. The molecule has 5 nitrogen and oxygen atoms in total. The normalized spacial score (nSPS) is 12.3. The van der Waals surface area contributed by atoms with Gasteiger partial charge < -0.3 is 4.90 Å². The molecular formula is C14H19N3O2. The highest BCUT2D eigenvalue weighted by Crippen LogP contribution is 2.24. The lowest BCUT2D eigenvalue weighted by Gasteiger charge is -2.23. The number of amides is 1. The predicted octanol–water partition coefficient (Wildman–Crippen LogP) is 2.55. The maximum Gasteiger partial charge on any atom is 0.234 e. The van der Waals surface area contributed by atoms with Gasteiger partial charge in [0, 0.05) is 7.05 Å². The zero-order valence-corrected chi connectivity index (χ0v) is 12.0. The lowest BCUT2D eigenvalue weighted by molar-refractivity contribution is -0.117. The van der Waals surface area contributed by atoms with E-state index in [1.165, 1.54) is 11.0 Å². The zero-order chi connectivity index (χ0) is 15.0. The summed E-state index contributed by atoms with van der Waals surface area (Å²) in [5, 5.41) is 8.64. The van der Waals surface area contributed by atoms with Crippen LogP contribution in [0.5, 0.6) is 0 Å². The van der Waals surface area contributed by atoms with Crippen molar-refractivity contribution in [2.24, 2.45) is 0 Å². The van der Waals surface area contributed by atoms with E-state index >= 15 is 0 Å². The fourth-order valence-electron chi connectivity index (χ4n) is 1.46. The maximum absolute atomic E-state index is 11.5. The van der Waals surface area contributed by atoms with E-state index in [9.17, 15) is 9.59 Å². The fraction of sp³-hybridized carbons (Fsp3) is 0.429. The van der Waals surface area contributed by atoms with Crippen LogP contribution in [0, 0.1) is 11.3 Å². The third-order valence-corrected chi connectivity index (χ3v) is 2.30. The van der Waals surface area contributed by atoms with Crippen LogP contribution in [-0.4, -0.2) is 23.7 Å². The Morgan fingerprint density at radius 1 is 1.21 bits per heavy atom. The summed E-state index contributed by atoms with van der Waals surface area (Å²) in [6, 6.07) is 4.91. The third-order valence-electron chi connectivity index (χ3n) is 2.30. The SMILES string of the molecule is CC.CC.CN1C(=O)CC(=O)c2nc(C#N)ccc21. The molecule has 0 bridgehead atoms. The first-order valence-electron chi connectivity index (χ1n) is 6.34. The topological polar surface area (TPSA) is 74.1 Å². The van der Waals surface area contributed by atoms with Crippen LogP contribution in [0.15, 0.2) is 12.1 Å². The van der Waals surface area contributed by atoms with Crippen molar-refractivity contribution in [3.05, 3.63) is 23.5 Å². The van der Waals surface area contributed by atoms with Crippen molar-refractivity contribution >= 4 is 17.4 Å². The average Bonchev–Trinajstić information content (AvgIpc) is 2.48. The van der Waals surface area contributed by atoms with E-state index in [1.54, 1.807) is 13.1 Å². The summed E-state index contributed by atoms with van der Waals surface area (Å²) in [5.74, 6) is -0.579. The molecule has 0 saturated carbocycles. The van der Waals surface area contributed by atoms with Crippen LogP contribution in [0.2, 0.25) is 0 Å². The van der Waals surface area contributed by atoms with E-state index in [0.29, 0.717) is 5.69 Å². The molecule has 0 radical (unpaired) electrons. The van der Waals surface area contributed by atoms with Crippen LogP contribution in [0.1, 0.15) is 50.3 Å². The number of fused-ring (bicyclic) bond motifs is 1. The van der Waals surface area contributed by atoms with Crippen molar-refractivity contribution in [3.8, 4) is 6.07 Å². The highest BCUT2D eigenvalue weighted by molar-refractivity contribution is 6.18. The van der Waals surface area contributed by atoms with Crippen LogP contribution in [0.25, 0.3) is 0 Å². The molecular weight excluding hydrogens is 242 g/mol. The number of Topliss-reactive ketones (excluding diaryl/α,β-unsaturated/α-hetero) is 1. The van der Waals surface area contributed by atoms with Crippen LogP contribution in [0.3, 0.4) is 0 Å². The van der Waals surface area contributed by atoms with Crippen molar-refractivity contribution in [2.45, 2.75) is 34.1 Å². The minimum absolute atomic E-state index is 0.175. The molecule has 1 aromatic heterocycles. The standard InChI is InChI=1S/C10H7N3O2.2C2H6/c1-13-7-3-2-6(5-11)12-10(7)8(14)4-9(13)15;2*1-2/h2-3H,4H2,1H3;2*1-2H3. The molecule has 0 fully saturated rings. The van der Waals surface area contributed by atoms with E-state index < -0.39 is 0 Å². The Morgan fingerprint density at radius 3 is 2.32 bits per heavy atom. The number of anilines is 1. The molecule has 1 aliphatic rings. The second-order valence-electron chi connectivity index (χ2n) is 3.23. The Labute approximate surface area is 113 Å².